The summed E-state index contributed by atoms with van der Waals surface area (Å²) >= 11 is 1.51. The van der Waals surface area contributed by atoms with Crippen molar-refractivity contribution in [2.24, 2.45) is 0 Å². The summed E-state index contributed by atoms with van der Waals surface area (Å²) < 4.78 is 27.5. The van der Waals surface area contributed by atoms with Gasteiger partial charge in [-0.3, -0.25) is 0 Å². The Kier molecular flexibility index (Phi) is 5.74. The van der Waals surface area contributed by atoms with Crippen molar-refractivity contribution in [2.45, 2.75) is 37.8 Å². The maximum atomic E-state index is 12.4. The average molecular weight is 319 g/mol. The van der Waals surface area contributed by atoms with Crippen molar-refractivity contribution in [1.29, 1.82) is 0 Å². The summed E-state index contributed by atoms with van der Waals surface area (Å²) in [6.07, 6.45) is 0. The van der Waals surface area contributed by atoms with Crippen LogP contribution >= 0.6 is 11.3 Å². The molecule has 0 aromatic carbocycles. The molecule has 0 aliphatic carbocycles. The van der Waals surface area contributed by atoms with Gasteiger partial charge in [-0.2, -0.15) is 0 Å². The first-order valence-electron chi connectivity index (χ1n) is 6.51. The minimum atomic E-state index is -3.45. The van der Waals surface area contributed by atoms with Crippen molar-refractivity contribution in [3.8, 4) is 0 Å². The first kappa shape index (κ1) is 17.6. The van der Waals surface area contributed by atoms with Crippen LogP contribution in [0.1, 0.15) is 23.6 Å². The number of thiophene rings is 1. The third-order valence-corrected chi connectivity index (χ3v) is 6.18. The van der Waals surface area contributed by atoms with Gasteiger partial charge in [0.15, 0.2) is 0 Å². The lowest BCUT2D eigenvalue weighted by atomic mass is 10.1. The molecule has 0 aliphatic heterocycles. The molecule has 0 fully saturated rings. The highest BCUT2D eigenvalue weighted by Crippen LogP contribution is 2.25. The molecule has 5 nitrogen and oxygen atoms in total. The van der Waals surface area contributed by atoms with E-state index in [1.807, 2.05) is 46.8 Å². The highest BCUT2D eigenvalue weighted by atomic mass is 32.2. The van der Waals surface area contributed by atoms with Crippen LogP contribution in [0.3, 0.4) is 0 Å². The quantitative estimate of drug-likeness (QED) is 0.797. The summed E-state index contributed by atoms with van der Waals surface area (Å²) in [4.78, 5) is 4.24. The number of nitrogens with one attached hydrogen (secondary N) is 2. The van der Waals surface area contributed by atoms with E-state index in [0.29, 0.717) is 18.0 Å². The molecular weight excluding hydrogens is 294 g/mol. The van der Waals surface area contributed by atoms with Gasteiger partial charge in [0.25, 0.3) is 0 Å². The maximum Gasteiger partial charge on any atom is 0.241 e. The first-order valence-corrected chi connectivity index (χ1v) is 8.81. The van der Waals surface area contributed by atoms with Crippen molar-refractivity contribution in [2.75, 3.05) is 27.7 Å². The first-order chi connectivity index (χ1) is 9.10. The average Bonchev–Trinajstić information content (AvgIpc) is 2.69. The Labute approximate surface area is 126 Å². The molecule has 1 heterocycles. The summed E-state index contributed by atoms with van der Waals surface area (Å²) in [6, 6.07) is 1.75. The number of hydrogen-bond acceptors (Lipinski definition) is 5. The van der Waals surface area contributed by atoms with Gasteiger partial charge < -0.3 is 10.2 Å². The number of rotatable bonds is 7. The molecular formula is C13H25N3O2S2. The molecule has 2 N–H and O–H groups in total. The summed E-state index contributed by atoms with van der Waals surface area (Å²) in [5, 5.41) is 3.04. The van der Waals surface area contributed by atoms with Crippen molar-refractivity contribution in [1.82, 2.24) is 14.9 Å². The summed E-state index contributed by atoms with van der Waals surface area (Å²) in [6.45, 7) is 6.91. The third-order valence-electron chi connectivity index (χ3n) is 3.47. The van der Waals surface area contributed by atoms with E-state index in [1.54, 1.807) is 6.07 Å². The van der Waals surface area contributed by atoms with Crippen molar-refractivity contribution in [3.05, 3.63) is 15.8 Å². The Hall–Kier alpha value is -0.470. The molecule has 0 atom stereocenters. The molecule has 1 aromatic heterocycles. The van der Waals surface area contributed by atoms with Crippen LogP contribution in [-0.4, -0.2) is 46.5 Å². The van der Waals surface area contributed by atoms with Crippen molar-refractivity contribution < 1.29 is 8.42 Å². The van der Waals surface area contributed by atoms with Crippen molar-refractivity contribution in [3.63, 3.8) is 0 Å². The minimum absolute atomic E-state index is 0.231. The van der Waals surface area contributed by atoms with Gasteiger partial charge in [-0.15, -0.1) is 11.3 Å². The standard InChI is InChI=1S/C13H25N3O2S2/c1-10-12(7-11(19-10)8-14-4)20(17,18)15-9-13(2,3)16(5)6/h7,14-15H,8-9H2,1-6H3. The predicted molar refractivity (Wildman–Crippen MR) is 84.8 cm³/mol. The maximum absolute atomic E-state index is 12.4. The van der Waals surface area contributed by atoms with Crippen LogP contribution in [-0.2, 0) is 16.6 Å². The van der Waals surface area contributed by atoms with Gasteiger partial charge in [0, 0.05) is 28.4 Å². The molecule has 1 rings (SSSR count). The van der Waals surface area contributed by atoms with Crippen LogP contribution in [0.25, 0.3) is 0 Å². The molecule has 0 saturated carbocycles. The lowest BCUT2D eigenvalue weighted by Gasteiger charge is -2.32. The Morgan fingerprint density at radius 2 is 1.95 bits per heavy atom. The molecule has 1 aromatic rings. The van der Waals surface area contributed by atoms with E-state index in [2.05, 4.69) is 10.0 Å². The number of sulfonamides is 1. The van der Waals surface area contributed by atoms with Crippen LogP contribution in [0.5, 0.6) is 0 Å². The molecule has 0 amide bonds. The Bertz CT molecular complexity index is 548. The summed E-state index contributed by atoms with van der Waals surface area (Å²) in [5.41, 5.74) is -0.231. The third kappa shape index (κ3) is 4.26. The van der Waals surface area contributed by atoms with E-state index in [1.165, 1.54) is 11.3 Å². The molecule has 0 bridgehead atoms. The van der Waals surface area contributed by atoms with Crippen LogP contribution in [0, 0.1) is 6.92 Å². The van der Waals surface area contributed by atoms with Gasteiger partial charge >= 0.3 is 0 Å². The molecule has 0 saturated heterocycles. The second-order valence-electron chi connectivity index (χ2n) is 5.69. The van der Waals surface area contributed by atoms with Gasteiger partial charge in [0.2, 0.25) is 10.0 Å². The fourth-order valence-corrected chi connectivity index (χ4v) is 4.41. The molecule has 7 heteroatoms. The zero-order chi connectivity index (χ0) is 15.6. The molecule has 0 aliphatic rings. The Morgan fingerprint density at radius 3 is 2.45 bits per heavy atom. The molecule has 0 radical (unpaired) electrons. The molecule has 0 spiro atoms. The van der Waals surface area contributed by atoms with Crippen LogP contribution < -0.4 is 10.0 Å². The minimum Gasteiger partial charge on any atom is -0.315 e. The summed E-state index contributed by atoms with van der Waals surface area (Å²) in [7, 11) is 2.28. The lowest BCUT2D eigenvalue weighted by Crippen LogP contribution is -2.48. The second kappa shape index (κ2) is 6.53. The fraction of sp³-hybridized carbons (Fsp3) is 0.692. The van der Waals surface area contributed by atoms with E-state index in [4.69, 9.17) is 0 Å². The van der Waals surface area contributed by atoms with E-state index < -0.39 is 10.0 Å². The Morgan fingerprint density at radius 1 is 1.35 bits per heavy atom. The topological polar surface area (TPSA) is 61.4 Å². The van der Waals surface area contributed by atoms with Crippen LogP contribution in [0.15, 0.2) is 11.0 Å². The monoisotopic (exact) mass is 319 g/mol. The fourth-order valence-electron chi connectivity index (χ4n) is 1.56. The van der Waals surface area contributed by atoms with Crippen LogP contribution in [0.4, 0.5) is 0 Å². The predicted octanol–water partition coefficient (Wildman–Crippen LogP) is 1.39. The SMILES string of the molecule is CNCc1cc(S(=O)(=O)NCC(C)(C)N(C)C)c(C)s1. The zero-order valence-electron chi connectivity index (χ0n) is 13.1. The van der Waals surface area contributed by atoms with Gasteiger partial charge in [-0.05, 0) is 48.0 Å². The van der Waals surface area contributed by atoms with E-state index >= 15 is 0 Å². The molecule has 0 unspecified atom stereocenters. The van der Waals surface area contributed by atoms with Gasteiger partial charge in [0.1, 0.15) is 0 Å². The number of nitrogens with zero attached hydrogens (tertiary/aromatic N) is 1. The Balaban J connectivity index is 2.89. The van der Waals surface area contributed by atoms with Gasteiger partial charge in [-0.25, -0.2) is 13.1 Å². The van der Waals surface area contributed by atoms with Gasteiger partial charge in [-0.1, -0.05) is 0 Å². The van der Waals surface area contributed by atoms with E-state index in [-0.39, 0.29) is 5.54 Å². The zero-order valence-corrected chi connectivity index (χ0v) is 14.7. The molecule has 116 valence electrons. The van der Waals surface area contributed by atoms with E-state index in [0.717, 1.165) is 9.75 Å². The summed E-state index contributed by atoms with van der Waals surface area (Å²) in [5.74, 6) is 0. The highest BCUT2D eigenvalue weighted by molar-refractivity contribution is 7.89. The normalized spacial score (nSPS) is 13.2. The second-order valence-corrected chi connectivity index (χ2v) is 8.77. The molecule has 20 heavy (non-hydrogen) atoms. The van der Waals surface area contributed by atoms with Crippen molar-refractivity contribution >= 4 is 21.4 Å². The highest BCUT2D eigenvalue weighted by Gasteiger charge is 2.25. The van der Waals surface area contributed by atoms with Gasteiger partial charge in [0.05, 0.1) is 4.90 Å². The number of aryl methyl sites for hydroxylation is 1. The number of likely N-dealkylation sites (N-methyl/N-ethyl adjacent to an activating group) is 1. The smallest absolute Gasteiger partial charge is 0.241 e. The largest absolute Gasteiger partial charge is 0.315 e. The lowest BCUT2D eigenvalue weighted by molar-refractivity contribution is 0.199. The van der Waals surface area contributed by atoms with E-state index in [9.17, 15) is 8.42 Å². The van der Waals surface area contributed by atoms with Crippen LogP contribution in [0.2, 0.25) is 0 Å². The number of hydrogen-bond donors (Lipinski definition) is 2.